The molecule has 4 rings (SSSR count). The van der Waals surface area contributed by atoms with Crippen molar-refractivity contribution in [3.05, 3.63) is 30.0 Å². The summed E-state index contributed by atoms with van der Waals surface area (Å²) < 4.78 is 5.43. The third-order valence-electron chi connectivity index (χ3n) is 4.48. The van der Waals surface area contributed by atoms with E-state index in [9.17, 15) is 4.79 Å². The van der Waals surface area contributed by atoms with Gasteiger partial charge in [-0.1, -0.05) is 13.0 Å². The molecule has 1 saturated heterocycles. The van der Waals surface area contributed by atoms with E-state index >= 15 is 0 Å². The molecule has 1 amide bonds. The number of aliphatic hydroxyl groups is 1. The van der Waals surface area contributed by atoms with Crippen molar-refractivity contribution in [1.82, 2.24) is 25.5 Å². The molecule has 0 saturated carbocycles. The molecule has 1 unspecified atom stereocenters. The Labute approximate surface area is 169 Å². The molecule has 3 heterocycles. The first-order chi connectivity index (χ1) is 14.2. The Kier molecular flexibility index (Phi) is 7.34. The highest BCUT2D eigenvalue weighted by Crippen LogP contribution is 2.26. The van der Waals surface area contributed by atoms with Gasteiger partial charge in [-0.15, -0.1) is 0 Å². The molecule has 0 aliphatic carbocycles. The number of nitrogens with one attached hydrogen (secondary N) is 4. The molecular weight excluding hydrogens is 372 g/mol. The predicted octanol–water partition coefficient (Wildman–Crippen LogP) is 2.18. The quantitative estimate of drug-likeness (QED) is 0.431. The maximum Gasteiger partial charge on any atom is 0.253 e. The summed E-state index contributed by atoms with van der Waals surface area (Å²) in [6, 6.07) is 6.13. The summed E-state index contributed by atoms with van der Waals surface area (Å²) in [4.78, 5) is 20.2. The monoisotopic (exact) mass is 400 g/mol. The normalized spacial score (nSPS) is 15.9. The minimum atomic E-state index is -0.387. The maximum absolute atomic E-state index is 12.3. The van der Waals surface area contributed by atoms with E-state index in [1.54, 1.807) is 13.1 Å². The molecule has 1 aliphatic rings. The predicted molar refractivity (Wildman–Crippen MR) is 111 cm³/mol. The summed E-state index contributed by atoms with van der Waals surface area (Å²) in [5.41, 5.74) is 4.25. The molecule has 0 bridgehead atoms. The van der Waals surface area contributed by atoms with Crippen molar-refractivity contribution >= 4 is 22.6 Å². The summed E-state index contributed by atoms with van der Waals surface area (Å²) in [7, 11) is 0. The topological polar surface area (TPSA) is 128 Å². The van der Waals surface area contributed by atoms with E-state index in [0.29, 0.717) is 23.8 Å². The molecule has 0 spiro atoms. The second kappa shape index (κ2) is 10.1. The minimum absolute atomic E-state index is 0.144. The summed E-state index contributed by atoms with van der Waals surface area (Å²) in [5.74, 6) is 0.495. The second-order valence-electron chi connectivity index (χ2n) is 6.68. The Balaban J connectivity index is 0.000000755. The average Bonchev–Trinajstić information content (AvgIpc) is 3.46. The Hall–Kier alpha value is -2.75. The number of aromatic nitrogens is 4. The summed E-state index contributed by atoms with van der Waals surface area (Å²) in [5, 5.41) is 20.7. The molecule has 5 N–H and O–H groups in total. The Morgan fingerprint density at radius 1 is 1.38 bits per heavy atom. The average molecular weight is 400 g/mol. The lowest BCUT2D eigenvalue weighted by molar-refractivity contribution is -0.124. The van der Waals surface area contributed by atoms with E-state index in [2.05, 4.69) is 49.9 Å². The zero-order chi connectivity index (χ0) is 20.6. The molecule has 3 aromatic rings. The van der Waals surface area contributed by atoms with Gasteiger partial charge in [0.1, 0.15) is 11.8 Å². The fourth-order valence-corrected chi connectivity index (χ4v) is 3.11. The minimum Gasteiger partial charge on any atom is -0.397 e. The highest BCUT2D eigenvalue weighted by molar-refractivity contribution is 5.97. The number of nitrogens with zero attached hydrogens (tertiary/aromatic N) is 2. The molecule has 9 heteroatoms. The van der Waals surface area contributed by atoms with E-state index in [1.807, 2.05) is 6.07 Å². The number of benzene rings is 1. The number of hydrogen-bond acceptors (Lipinski definition) is 6. The molecule has 1 aliphatic heterocycles. The van der Waals surface area contributed by atoms with Crippen LogP contribution in [0.5, 0.6) is 0 Å². The van der Waals surface area contributed by atoms with Crippen LogP contribution in [0.15, 0.2) is 24.4 Å². The van der Waals surface area contributed by atoms with Crippen LogP contribution in [0.4, 0.5) is 5.69 Å². The van der Waals surface area contributed by atoms with Gasteiger partial charge in [0.2, 0.25) is 0 Å². The SMILES string of the molecule is CCNCc1ccc2nc(-c3[nH]ncc3NC(=O)C3CCCO3)[nH]c2c1.CCO. The second-order valence-corrected chi connectivity index (χ2v) is 6.68. The third-order valence-corrected chi connectivity index (χ3v) is 4.48. The molecule has 29 heavy (non-hydrogen) atoms. The number of aromatic amines is 2. The lowest BCUT2D eigenvalue weighted by atomic mass is 10.2. The van der Waals surface area contributed by atoms with Crippen molar-refractivity contribution < 1.29 is 14.6 Å². The number of imidazole rings is 1. The summed E-state index contributed by atoms with van der Waals surface area (Å²) >= 11 is 0. The van der Waals surface area contributed by atoms with Gasteiger partial charge in [0.15, 0.2) is 5.82 Å². The number of fused-ring (bicyclic) bond motifs is 1. The van der Waals surface area contributed by atoms with E-state index in [0.717, 1.165) is 37.0 Å². The lowest BCUT2D eigenvalue weighted by Crippen LogP contribution is -2.26. The number of anilines is 1. The van der Waals surface area contributed by atoms with Gasteiger partial charge in [0.25, 0.3) is 5.91 Å². The van der Waals surface area contributed by atoms with Gasteiger partial charge >= 0.3 is 0 Å². The summed E-state index contributed by atoms with van der Waals surface area (Å²) in [6.45, 7) is 6.38. The third kappa shape index (κ3) is 5.20. The fourth-order valence-electron chi connectivity index (χ4n) is 3.11. The molecule has 1 fully saturated rings. The molecule has 1 atom stereocenters. The van der Waals surface area contributed by atoms with Crippen LogP contribution in [-0.2, 0) is 16.1 Å². The largest absolute Gasteiger partial charge is 0.397 e. The Morgan fingerprint density at radius 2 is 2.21 bits per heavy atom. The zero-order valence-electron chi connectivity index (χ0n) is 16.8. The Bertz CT molecular complexity index is 929. The van der Waals surface area contributed by atoms with Gasteiger partial charge in [-0.25, -0.2) is 4.98 Å². The number of hydrogen-bond donors (Lipinski definition) is 5. The van der Waals surface area contributed by atoms with Crippen LogP contribution in [0.1, 0.15) is 32.3 Å². The van der Waals surface area contributed by atoms with Crippen LogP contribution in [0.25, 0.3) is 22.6 Å². The zero-order valence-corrected chi connectivity index (χ0v) is 16.8. The van der Waals surface area contributed by atoms with E-state index < -0.39 is 0 Å². The molecule has 156 valence electrons. The Morgan fingerprint density at radius 3 is 2.93 bits per heavy atom. The van der Waals surface area contributed by atoms with Crippen LogP contribution in [0.3, 0.4) is 0 Å². The van der Waals surface area contributed by atoms with E-state index in [1.165, 1.54) is 5.56 Å². The van der Waals surface area contributed by atoms with Gasteiger partial charge in [0, 0.05) is 19.8 Å². The number of H-pyrrole nitrogens is 2. The van der Waals surface area contributed by atoms with Crippen LogP contribution >= 0.6 is 0 Å². The lowest BCUT2D eigenvalue weighted by Gasteiger charge is -2.09. The van der Waals surface area contributed by atoms with Crippen molar-refractivity contribution in [3.8, 4) is 11.5 Å². The highest BCUT2D eigenvalue weighted by atomic mass is 16.5. The number of rotatable bonds is 6. The van der Waals surface area contributed by atoms with Crippen LogP contribution in [-0.4, -0.2) is 57.0 Å². The first-order valence-electron chi connectivity index (χ1n) is 9.92. The van der Waals surface area contributed by atoms with Gasteiger partial charge in [-0.05, 0) is 44.0 Å². The highest BCUT2D eigenvalue weighted by Gasteiger charge is 2.25. The molecule has 0 radical (unpaired) electrons. The van der Waals surface area contributed by atoms with Crippen molar-refractivity contribution in [3.63, 3.8) is 0 Å². The summed E-state index contributed by atoms with van der Waals surface area (Å²) in [6.07, 6.45) is 2.86. The fraction of sp³-hybridized carbons (Fsp3) is 0.450. The van der Waals surface area contributed by atoms with E-state index in [-0.39, 0.29) is 18.6 Å². The number of carbonyl (C=O) groups excluding carboxylic acids is 1. The van der Waals surface area contributed by atoms with Crippen molar-refractivity contribution in [2.24, 2.45) is 0 Å². The molecule has 2 aromatic heterocycles. The van der Waals surface area contributed by atoms with Gasteiger partial charge < -0.3 is 25.5 Å². The van der Waals surface area contributed by atoms with Crippen LogP contribution in [0.2, 0.25) is 0 Å². The number of carbonyl (C=O) groups is 1. The van der Waals surface area contributed by atoms with Gasteiger partial charge in [-0.2, -0.15) is 5.10 Å². The van der Waals surface area contributed by atoms with Crippen molar-refractivity contribution in [2.75, 3.05) is 25.1 Å². The standard InChI is InChI=1S/C18H22N6O2.C2H6O/c1-2-19-9-11-5-6-12-13(8-11)22-17(21-12)16-14(10-20-24-16)23-18(25)15-4-3-7-26-15;1-2-3/h5-6,8,10,15,19H,2-4,7,9H2,1H3,(H,20,24)(H,21,22)(H,23,25);3H,2H2,1H3. The molecule has 1 aromatic carbocycles. The first kappa shape index (κ1) is 21.0. The number of amides is 1. The number of ether oxygens (including phenoxy) is 1. The van der Waals surface area contributed by atoms with Crippen LogP contribution < -0.4 is 10.6 Å². The number of aliphatic hydroxyl groups excluding tert-OH is 1. The molecule has 9 nitrogen and oxygen atoms in total. The first-order valence-corrected chi connectivity index (χ1v) is 9.92. The molecular formula is C20H28N6O3. The smallest absolute Gasteiger partial charge is 0.253 e. The van der Waals surface area contributed by atoms with Crippen LogP contribution in [0, 0.1) is 0 Å². The van der Waals surface area contributed by atoms with Crippen molar-refractivity contribution in [2.45, 2.75) is 39.3 Å². The van der Waals surface area contributed by atoms with Gasteiger partial charge in [0.05, 0.1) is 22.9 Å². The van der Waals surface area contributed by atoms with Crippen molar-refractivity contribution in [1.29, 1.82) is 0 Å². The van der Waals surface area contributed by atoms with Gasteiger partial charge in [-0.3, -0.25) is 9.89 Å². The van der Waals surface area contributed by atoms with E-state index in [4.69, 9.17) is 9.84 Å². The maximum atomic E-state index is 12.3.